The molecule has 1 N–H and O–H groups in total. The molecule has 2 atom stereocenters. The molecule has 0 unspecified atom stereocenters. The molecule has 0 aromatic carbocycles. The maximum atomic E-state index is 12.6. The maximum absolute atomic E-state index is 12.6. The molecule has 31 heavy (non-hydrogen) atoms. The zero-order valence-corrected chi connectivity index (χ0v) is 16.8. The number of nitrogens with zero attached hydrogens (tertiary/aromatic N) is 5. The van der Waals surface area contributed by atoms with E-state index in [1.807, 2.05) is 24.1 Å². The van der Waals surface area contributed by atoms with Crippen LogP contribution >= 0.6 is 0 Å². The van der Waals surface area contributed by atoms with Crippen LogP contribution in [0.5, 0.6) is 0 Å². The zero-order valence-electron chi connectivity index (χ0n) is 16.8. The first-order chi connectivity index (χ1) is 14.6. The number of amides is 1. The average Bonchev–Trinajstić information content (AvgIpc) is 3.27. The SMILES string of the molecule is Cc1cnc(C(=O)N2C[C@H]3CN(Cc4cccnc4)C[C@H]3C2)cn1.O=C(O)C(F)(F)F. The lowest BCUT2D eigenvalue weighted by molar-refractivity contribution is -0.192. The van der Waals surface area contributed by atoms with E-state index in [1.165, 1.54) is 5.56 Å². The number of pyridine rings is 1. The summed E-state index contributed by atoms with van der Waals surface area (Å²) in [6, 6.07) is 4.10. The summed E-state index contributed by atoms with van der Waals surface area (Å²) < 4.78 is 31.7. The van der Waals surface area contributed by atoms with Gasteiger partial charge in [0.15, 0.2) is 0 Å². The first-order valence-electron chi connectivity index (χ1n) is 9.62. The van der Waals surface area contributed by atoms with E-state index in [9.17, 15) is 18.0 Å². The van der Waals surface area contributed by atoms with Crippen LogP contribution in [-0.2, 0) is 11.3 Å². The van der Waals surface area contributed by atoms with Crippen LogP contribution in [0.2, 0.25) is 0 Å². The number of alkyl halides is 3. The van der Waals surface area contributed by atoms with Crippen LogP contribution in [0.25, 0.3) is 0 Å². The summed E-state index contributed by atoms with van der Waals surface area (Å²) >= 11 is 0. The van der Waals surface area contributed by atoms with Crippen molar-refractivity contribution in [2.24, 2.45) is 11.8 Å². The predicted molar refractivity (Wildman–Crippen MR) is 103 cm³/mol. The minimum atomic E-state index is -5.08. The molecule has 0 aliphatic carbocycles. The summed E-state index contributed by atoms with van der Waals surface area (Å²) in [6.45, 7) is 6.55. The first kappa shape index (κ1) is 22.6. The molecule has 0 bridgehead atoms. The minimum Gasteiger partial charge on any atom is -0.475 e. The fourth-order valence-electron chi connectivity index (χ4n) is 3.80. The molecular formula is C20H22F3N5O3. The molecular weight excluding hydrogens is 415 g/mol. The van der Waals surface area contributed by atoms with E-state index in [0.29, 0.717) is 17.5 Å². The number of hydrogen-bond donors (Lipinski definition) is 1. The molecule has 2 aromatic rings. The lowest BCUT2D eigenvalue weighted by Gasteiger charge is -2.21. The predicted octanol–water partition coefficient (Wildman–Crippen LogP) is 2.02. The highest BCUT2D eigenvalue weighted by Crippen LogP contribution is 2.32. The van der Waals surface area contributed by atoms with E-state index in [2.05, 4.69) is 25.9 Å². The first-order valence-corrected chi connectivity index (χ1v) is 9.62. The van der Waals surface area contributed by atoms with Crippen molar-refractivity contribution in [3.05, 3.63) is 53.9 Å². The highest BCUT2D eigenvalue weighted by molar-refractivity contribution is 5.92. The van der Waals surface area contributed by atoms with Crippen molar-refractivity contribution in [2.75, 3.05) is 26.2 Å². The molecule has 2 fully saturated rings. The monoisotopic (exact) mass is 437 g/mol. The van der Waals surface area contributed by atoms with Gasteiger partial charge in [-0.3, -0.25) is 19.7 Å². The maximum Gasteiger partial charge on any atom is 0.490 e. The van der Waals surface area contributed by atoms with Gasteiger partial charge in [0.25, 0.3) is 5.91 Å². The number of aromatic nitrogens is 3. The van der Waals surface area contributed by atoms with E-state index in [0.717, 1.165) is 38.4 Å². The Morgan fingerprint density at radius 1 is 1.10 bits per heavy atom. The number of aryl methyl sites for hydroxylation is 1. The Morgan fingerprint density at radius 3 is 2.23 bits per heavy atom. The number of carbonyl (C=O) groups is 2. The second kappa shape index (κ2) is 9.38. The van der Waals surface area contributed by atoms with Crippen molar-refractivity contribution in [3.63, 3.8) is 0 Å². The molecule has 0 saturated carbocycles. The number of carboxylic acid groups (broad SMARTS) is 1. The molecule has 8 nitrogen and oxygen atoms in total. The Bertz CT molecular complexity index is 895. The number of hydrogen-bond acceptors (Lipinski definition) is 6. The summed E-state index contributed by atoms with van der Waals surface area (Å²) in [6.07, 6.45) is 1.89. The van der Waals surface area contributed by atoms with Gasteiger partial charge in [-0.15, -0.1) is 0 Å². The standard InChI is InChI=1S/C18H21N5O.C2HF3O2/c1-13-5-21-17(7-20-13)18(24)23-11-15-9-22(10-16(15)12-23)8-14-3-2-4-19-6-14;3-2(4,5)1(6)7/h2-7,15-16H,8-12H2,1H3;(H,6,7)/t15-,16+;. The van der Waals surface area contributed by atoms with Crippen molar-refractivity contribution >= 4 is 11.9 Å². The van der Waals surface area contributed by atoms with E-state index in [1.54, 1.807) is 18.6 Å². The van der Waals surface area contributed by atoms with Gasteiger partial charge in [0.1, 0.15) is 5.69 Å². The Kier molecular flexibility index (Phi) is 6.84. The van der Waals surface area contributed by atoms with Crippen molar-refractivity contribution in [3.8, 4) is 0 Å². The third-order valence-electron chi connectivity index (χ3n) is 5.22. The number of rotatable bonds is 3. The minimum absolute atomic E-state index is 0.00992. The number of carbonyl (C=O) groups excluding carboxylic acids is 1. The topological polar surface area (TPSA) is 99.5 Å². The number of aliphatic carboxylic acids is 1. The Hall–Kier alpha value is -3.08. The lowest BCUT2D eigenvalue weighted by atomic mass is 10.0. The second-order valence-corrected chi connectivity index (χ2v) is 7.63. The molecule has 2 aliphatic heterocycles. The Balaban J connectivity index is 0.000000339. The van der Waals surface area contributed by atoms with Gasteiger partial charge in [-0.25, -0.2) is 9.78 Å². The largest absolute Gasteiger partial charge is 0.490 e. The number of halogens is 3. The van der Waals surface area contributed by atoms with Crippen LogP contribution in [0.3, 0.4) is 0 Å². The smallest absolute Gasteiger partial charge is 0.475 e. The summed E-state index contributed by atoms with van der Waals surface area (Å²) in [5.41, 5.74) is 2.53. The van der Waals surface area contributed by atoms with Gasteiger partial charge in [-0.2, -0.15) is 13.2 Å². The number of likely N-dealkylation sites (tertiary alicyclic amines) is 2. The van der Waals surface area contributed by atoms with E-state index in [-0.39, 0.29) is 5.91 Å². The summed E-state index contributed by atoms with van der Waals surface area (Å²) in [7, 11) is 0. The molecule has 1 amide bonds. The molecule has 166 valence electrons. The average molecular weight is 437 g/mol. The van der Waals surface area contributed by atoms with Gasteiger partial charge in [-0.05, 0) is 30.4 Å². The zero-order chi connectivity index (χ0) is 22.6. The van der Waals surface area contributed by atoms with Crippen LogP contribution < -0.4 is 0 Å². The second-order valence-electron chi connectivity index (χ2n) is 7.63. The summed E-state index contributed by atoms with van der Waals surface area (Å²) in [4.78, 5) is 38.4. The van der Waals surface area contributed by atoms with Gasteiger partial charge in [0.05, 0.1) is 11.9 Å². The van der Waals surface area contributed by atoms with E-state index < -0.39 is 12.1 Å². The van der Waals surface area contributed by atoms with Gasteiger partial charge in [0, 0.05) is 51.3 Å². The van der Waals surface area contributed by atoms with Crippen molar-refractivity contribution in [1.29, 1.82) is 0 Å². The van der Waals surface area contributed by atoms with Crippen molar-refractivity contribution < 1.29 is 27.9 Å². The van der Waals surface area contributed by atoms with Crippen LogP contribution in [0.15, 0.2) is 36.9 Å². The van der Waals surface area contributed by atoms with E-state index >= 15 is 0 Å². The molecule has 2 saturated heterocycles. The fraction of sp³-hybridized carbons (Fsp3) is 0.450. The van der Waals surface area contributed by atoms with Crippen LogP contribution in [0.4, 0.5) is 13.2 Å². The normalized spacial score (nSPS) is 20.7. The van der Waals surface area contributed by atoms with Crippen molar-refractivity contribution in [1.82, 2.24) is 24.8 Å². The highest BCUT2D eigenvalue weighted by Gasteiger charge is 2.42. The molecule has 11 heteroatoms. The third-order valence-corrected chi connectivity index (χ3v) is 5.22. The Morgan fingerprint density at radius 2 is 1.74 bits per heavy atom. The Labute approximate surface area is 176 Å². The quantitative estimate of drug-likeness (QED) is 0.784. The van der Waals surface area contributed by atoms with Gasteiger partial charge < -0.3 is 10.0 Å². The van der Waals surface area contributed by atoms with Crippen molar-refractivity contribution in [2.45, 2.75) is 19.6 Å². The lowest BCUT2D eigenvalue weighted by Crippen LogP contribution is -2.33. The van der Waals surface area contributed by atoms with Crippen LogP contribution in [-0.4, -0.2) is 74.1 Å². The van der Waals surface area contributed by atoms with Gasteiger partial charge in [-0.1, -0.05) is 6.07 Å². The third kappa shape index (κ3) is 5.97. The van der Waals surface area contributed by atoms with E-state index in [4.69, 9.17) is 9.90 Å². The van der Waals surface area contributed by atoms with Gasteiger partial charge in [0.2, 0.25) is 0 Å². The summed E-state index contributed by atoms with van der Waals surface area (Å²) in [5.74, 6) is -1.63. The highest BCUT2D eigenvalue weighted by atomic mass is 19.4. The van der Waals surface area contributed by atoms with Crippen LogP contribution in [0.1, 0.15) is 21.7 Å². The number of carboxylic acids is 1. The molecule has 2 aromatic heterocycles. The summed E-state index contributed by atoms with van der Waals surface area (Å²) in [5, 5.41) is 7.12. The van der Waals surface area contributed by atoms with Gasteiger partial charge >= 0.3 is 12.1 Å². The molecule has 0 spiro atoms. The fourth-order valence-corrected chi connectivity index (χ4v) is 3.80. The number of fused-ring (bicyclic) bond motifs is 1. The molecule has 2 aliphatic rings. The van der Waals surface area contributed by atoms with Crippen LogP contribution in [0, 0.1) is 18.8 Å². The molecule has 4 rings (SSSR count). The molecule has 0 radical (unpaired) electrons. The molecule has 4 heterocycles.